The van der Waals surface area contributed by atoms with Gasteiger partial charge in [0.25, 0.3) is 10.1 Å². The van der Waals surface area contributed by atoms with Crippen molar-refractivity contribution >= 4 is 27.6 Å². The molecule has 1 aromatic rings. The van der Waals surface area contributed by atoms with Gasteiger partial charge in [0.2, 0.25) is 11.8 Å². The molecule has 1 aromatic carbocycles. The minimum Gasteiger partial charge on any atom is -0.374 e. The van der Waals surface area contributed by atoms with Gasteiger partial charge in [-0.2, -0.15) is 8.42 Å². The van der Waals surface area contributed by atoms with Crippen LogP contribution < -0.4 is 10.6 Å². The van der Waals surface area contributed by atoms with E-state index in [2.05, 4.69) is 10.6 Å². The van der Waals surface area contributed by atoms with Crippen LogP contribution in [0.5, 0.6) is 0 Å². The lowest BCUT2D eigenvalue weighted by Gasteiger charge is -2.35. The van der Waals surface area contributed by atoms with Crippen LogP contribution in [0.3, 0.4) is 0 Å². The molecule has 1 saturated carbocycles. The van der Waals surface area contributed by atoms with E-state index in [0.717, 1.165) is 24.8 Å². The number of carbonyl (C=O) groups is 2. The molecule has 8 heteroatoms. The Morgan fingerprint density at radius 1 is 1.20 bits per heavy atom. The molecule has 2 fully saturated rings. The van der Waals surface area contributed by atoms with Crippen LogP contribution in [0.1, 0.15) is 37.2 Å². The fourth-order valence-electron chi connectivity index (χ4n) is 3.25. The molecule has 1 unspecified atom stereocenters. The van der Waals surface area contributed by atoms with Gasteiger partial charge in [-0.1, -0.05) is 12.1 Å². The Balaban J connectivity index is 1.48. The van der Waals surface area contributed by atoms with E-state index in [4.69, 9.17) is 4.18 Å². The first kappa shape index (κ1) is 17.9. The molecular formula is C17H22N2O5S. The minimum absolute atomic E-state index is 0.224. The quantitative estimate of drug-likeness (QED) is 0.582. The number of imide groups is 1. The highest BCUT2D eigenvalue weighted by Gasteiger charge is 2.31. The maximum Gasteiger partial charge on any atom is 0.264 e. The van der Waals surface area contributed by atoms with Crippen LogP contribution in [0.15, 0.2) is 24.3 Å². The predicted octanol–water partition coefficient (Wildman–Crippen LogP) is 1.37. The van der Waals surface area contributed by atoms with Gasteiger partial charge in [-0.15, -0.1) is 0 Å². The summed E-state index contributed by atoms with van der Waals surface area (Å²) in [7, 11) is -3.37. The second-order valence-corrected chi connectivity index (χ2v) is 8.44. The molecule has 2 amide bonds. The zero-order valence-corrected chi connectivity index (χ0v) is 14.8. The number of benzene rings is 1. The Hall–Kier alpha value is -1.93. The largest absolute Gasteiger partial charge is 0.374 e. The van der Waals surface area contributed by atoms with E-state index in [1.165, 1.54) is 5.56 Å². The van der Waals surface area contributed by atoms with E-state index in [-0.39, 0.29) is 30.4 Å². The zero-order valence-electron chi connectivity index (χ0n) is 14.0. The summed E-state index contributed by atoms with van der Waals surface area (Å²) >= 11 is 0. The van der Waals surface area contributed by atoms with Gasteiger partial charge in [-0.25, -0.2) is 0 Å². The Bertz CT molecular complexity index is 754. The molecule has 1 aliphatic heterocycles. The van der Waals surface area contributed by atoms with Gasteiger partial charge in [0.15, 0.2) is 0 Å². The van der Waals surface area contributed by atoms with Crippen LogP contribution in [-0.2, 0) is 23.9 Å². The van der Waals surface area contributed by atoms with Crippen molar-refractivity contribution in [1.82, 2.24) is 5.32 Å². The molecule has 25 heavy (non-hydrogen) atoms. The van der Waals surface area contributed by atoms with Crippen LogP contribution >= 0.6 is 0 Å². The summed E-state index contributed by atoms with van der Waals surface area (Å²) in [6, 6.07) is 7.52. The van der Waals surface area contributed by atoms with E-state index in [1.54, 1.807) is 0 Å². The molecular weight excluding hydrogens is 344 g/mol. The second kappa shape index (κ2) is 7.13. The average molecular weight is 366 g/mol. The highest BCUT2D eigenvalue weighted by atomic mass is 32.2. The van der Waals surface area contributed by atoms with E-state index in [9.17, 15) is 18.0 Å². The minimum atomic E-state index is -3.37. The summed E-state index contributed by atoms with van der Waals surface area (Å²) in [4.78, 5) is 22.9. The van der Waals surface area contributed by atoms with Crippen molar-refractivity contribution in [2.45, 2.75) is 37.6 Å². The SMILES string of the molecule is CS(=O)(=O)OCC1CC(c2ccc(NC3CCC(=O)NC3=O)cc2)C1. The first-order chi connectivity index (χ1) is 11.8. The zero-order chi connectivity index (χ0) is 18.0. The Labute approximate surface area is 147 Å². The van der Waals surface area contributed by atoms with Crippen molar-refractivity contribution in [3.63, 3.8) is 0 Å². The summed E-state index contributed by atoms with van der Waals surface area (Å²) < 4.78 is 26.8. The van der Waals surface area contributed by atoms with Gasteiger partial charge in [-0.3, -0.25) is 19.1 Å². The van der Waals surface area contributed by atoms with Gasteiger partial charge in [0, 0.05) is 12.1 Å². The van der Waals surface area contributed by atoms with Gasteiger partial charge in [0.05, 0.1) is 12.9 Å². The summed E-state index contributed by atoms with van der Waals surface area (Å²) in [5, 5.41) is 5.48. The van der Waals surface area contributed by atoms with Crippen molar-refractivity contribution in [2.24, 2.45) is 5.92 Å². The number of rotatable bonds is 6. The van der Waals surface area contributed by atoms with Crippen LogP contribution in [0, 0.1) is 5.92 Å². The predicted molar refractivity (Wildman–Crippen MR) is 92.5 cm³/mol. The molecule has 0 aromatic heterocycles. The third-order valence-electron chi connectivity index (χ3n) is 4.72. The molecule has 0 radical (unpaired) electrons. The van der Waals surface area contributed by atoms with Gasteiger partial charge in [-0.05, 0) is 48.8 Å². The molecule has 3 rings (SSSR count). The molecule has 1 saturated heterocycles. The maximum atomic E-state index is 11.8. The third kappa shape index (κ3) is 4.79. The van der Waals surface area contributed by atoms with E-state index < -0.39 is 10.1 Å². The third-order valence-corrected chi connectivity index (χ3v) is 5.28. The number of hydrogen-bond acceptors (Lipinski definition) is 6. The average Bonchev–Trinajstić information content (AvgIpc) is 2.49. The summed E-state index contributed by atoms with van der Waals surface area (Å²) in [5.74, 6) is 0.185. The molecule has 2 aliphatic rings. The topological polar surface area (TPSA) is 102 Å². The lowest BCUT2D eigenvalue weighted by Crippen LogP contribution is -2.47. The molecule has 1 atom stereocenters. The highest BCUT2D eigenvalue weighted by Crippen LogP contribution is 2.42. The van der Waals surface area contributed by atoms with Crippen molar-refractivity contribution in [2.75, 3.05) is 18.2 Å². The standard InChI is InChI=1S/C17H22N2O5S/c1-25(22,23)24-10-11-8-13(9-11)12-2-4-14(5-3-12)18-15-6-7-16(20)19-17(15)21/h2-5,11,13,15,18H,6-10H2,1H3,(H,19,20,21). The van der Waals surface area contributed by atoms with Crippen molar-refractivity contribution < 1.29 is 22.2 Å². The molecule has 1 heterocycles. The number of piperidine rings is 1. The smallest absolute Gasteiger partial charge is 0.264 e. The first-order valence-electron chi connectivity index (χ1n) is 8.35. The van der Waals surface area contributed by atoms with Crippen molar-refractivity contribution in [1.29, 1.82) is 0 Å². The molecule has 7 nitrogen and oxygen atoms in total. The van der Waals surface area contributed by atoms with Gasteiger partial charge >= 0.3 is 0 Å². The lowest BCUT2D eigenvalue weighted by atomic mass is 9.72. The first-order valence-corrected chi connectivity index (χ1v) is 10.2. The normalized spacial score (nSPS) is 26.7. The number of carbonyl (C=O) groups excluding carboxylic acids is 2. The number of anilines is 1. The summed E-state index contributed by atoms with van der Waals surface area (Å²) in [5.41, 5.74) is 2.04. The van der Waals surface area contributed by atoms with Crippen LogP contribution in [-0.4, -0.2) is 39.1 Å². The molecule has 136 valence electrons. The number of amides is 2. The Morgan fingerprint density at radius 3 is 2.48 bits per heavy atom. The van der Waals surface area contributed by atoms with E-state index >= 15 is 0 Å². The highest BCUT2D eigenvalue weighted by molar-refractivity contribution is 7.85. The monoisotopic (exact) mass is 366 g/mol. The van der Waals surface area contributed by atoms with E-state index in [0.29, 0.717) is 18.8 Å². The Kier molecular flexibility index (Phi) is 5.10. The fourth-order valence-corrected chi connectivity index (χ4v) is 3.69. The molecule has 1 aliphatic carbocycles. The Morgan fingerprint density at radius 2 is 1.88 bits per heavy atom. The van der Waals surface area contributed by atoms with Crippen LogP contribution in [0.4, 0.5) is 5.69 Å². The van der Waals surface area contributed by atoms with Gasteiger partial charge < -0.3 is 5.32 Å². The molecule has 0 bridgehead atoms. The molecule has 2 N–H and O–H groups in total. The van der Waals surface area contributed by atoms with Crippen LogP contribution in [0.25, 0.3) is 0 Å². The molecule has 0 spiro atoms. The van der Waals surface area contributed by atoms with Crippen LogP contribution in [0.2, 0.25) is 0 Å². The number of hydrogen-bond donors (Lipinski definition) is 2. The number of nitrogens with one attached hydrogen (secondary N) is 2. The van der Waals surface area contributed by atoms with E-state index in [1.807, 2.05) is 24.3 Å². The fraction of sp³-hybridized carbons (Fsp3) is 0.529. The summed E-state index contributed by atoms with van der Waals surface area (Å²) in [6.45, 7) is 0.254. The van der Waals surface area contributed by atoms with Gasteiger partial charge in [0.1, 0.15) is 6.04 Å². The van der Waals surface area contributed by atoms with Crippen molar-refractivity contribution in [3.8, 4) is 0 Å². The van der Waals surface area contributed by atoms with Crippen molar-refractivity contribution in [3.05, 3.63) is 29.8 Å². The lowest BCUT2D eigenvalue weighted by molar-refractivity contribution is -0.133. The maximum absolute atomic E-state index is 11.8. The second-order valence-electron chi connectivity index (χ2n) is 6.79. The summed E-state index contributed by atoms with van der Waals surface area (Å²) in [6.07, 6.45) is 3.74.